The molecule has 4 heteroatoms. The fraction of sp³-hybridized carbons (Fsp3) is 0.364. The molecule has 0 radical (unpaired) electrons. The lowest BCUT2D eigenvalue weighted by Crippen LogP contribution is -2.32. The van der Waals surface area contributed by atoms with Gasteiger partial charge in [0, 0.05) is 11.0 Å². The molecule has 0 aliphatic heterocycles. The minimum atomic E-state index is -0.287. The number of hydrogen-bond donors (Lipinski definition) is 1. The van der Waals surface area contributed by atoms with E-state index in [1.54, 1.807) is 0 Å². The highest BCUT2D eigenvalue weighted by atomic mass is 79.9. The number of hydrogen-bond acceptors (Lipinski definition) is 2. The van der Waals surface area contributed by atoms with Crippen LogP contribution in [-0.4, -0.2) is 30.9 Å². The van der Waals surface area contributed by atoms with Gasteiger partial charge in [-0.1, -0.05) is 34.1 Å². The van der Waals surface area contributed by atoms with Crippen LogP contribution in [0.2, 0.25) is 0 Å². The Labute approximate surface area is 98.4 Å². The molecule has 82 valence electrons. The fourth-order valence-corrected chi connectivity index (χ4v) is 1.84. The van der Waals surface area contributed by atoms with Crippen molar-refractivity contribution >= 4 is 21.8 Å². The lowest BCUT2D eigenvalue weighted by Gasteiger charge is -2.14. The molecule has 0 aliphatic carbocycles. The van der Waals surface area contributed by atoms with Crippen molar-refractivity contribution < 1.29 is 4.79 Å². The Hall–Kier alpha value is -0.870. The first-order chi connectivity index (χ1) is 7.09. The summed E-state index contributed by atoms with van der Waals surface area (Å²) in [6, 6.07) is 8.08. The highest BCUT2D eigenvalue weighted by molar-refractivity contribution is 9.10. The molecule has 2 N–H and O–H groups in total. The molecule has 0 unspecified atom stereocenters. The van der Waals surface area contributed by atoms with E-state index in [0.29, 0.717) is 6.54 Å². The predicted molar refractivity (Wildman–Crippen MR) is 64.5 cm³/mol. The van der Waals surface area contributed by atoms with Gasteiger partial charge in [-0.15, -0.1) is 0 Å². The van der Waals surface area contributed by atoms with Gasteiger partial charge in [0.2, 0.25) is 5.91 Å². The van der Waals surface area contributed by atoms with Gasteiger partial charge in [-0.3, -0.25) is 9.69 Å². The molecule has 1 aromatic carbocycles. The third-order valence-electron chi connectivity index (χ3n) is 2.15. The summed E-state index contributed by atoms with van der Waals surface area (Å²) in [7, 11) is 1.89. The van der Waals surface area contributed by atoms with E-state index in [-0.39, 0.29) is 5.91 Å². The van der Waals surface area contributed by atoms with E-state index < -0.39 is 0 Å². The van der Waals surface area contributed by atoms with E-state index in [4.69, 9.17) is 5.73 Å². The van der Waals surface area contributed by atoms with Crippen LogP contribution in [0.3, 0.4) is 0 Å². The molecule has 0 fully saturated rings. The third-order valence-corrected chi connectivity index (χ3v) is 2.92. The van der Waals surface area contributed by atoms with Gasteiger partial charge < -0.3 is 5.73 Å². The Bertz CT molecular complexity index is 341. The van der Waals surface area contributed by atoms with Crippen molar-refractivity contribution in [2.24, 2.45) is 5.73 Å². The summed E-state index contributed by atoms with van der Waals surface area (Å²) in [4.78, 5) is 12.6. The number of primary amides is 1. The lowest BCUT2D eigenvalue weighted by atomic mass is 10.1. The number of nitrogens with zero attached hydrogens (tertiary/aromatic N) is 1. The number of carbonyl (C=O) groups excluding carboxylic acids is 1. The van der Waals surface area contributed by atoms with Crippen LogP contribution in [0.5, 0.6) is 0 Å². The first-order valence-electron chi connectivity index (χ1n) is 4.80. The fourth-order valence-electron chi connectivity index (χ4n) is 1.36. The summed E-state index contributed by atoms with van der Waals surface area (Å²) in [5, 5.41) is 0. The van der Waals surface area contributed by atoms with Crippen LogP contribution in [0.1, 0.15) is 5.56 Å². The van der Waals surface area contributed by atoms with Crippen LogP contribution in [0.15, 0.2) is 28.7 Å². The molecule has 1 aromatic rings. The van der Waals surface area contributed by atoms with Crippen molar-refractivity contribution in [3.05, 3.63) is 34.3 Å². The van der Waals surface area contributed by atoms with Crippen molar-refractivity contribution in [1.29, 1.82) is 0 Å². The molecule has 0 saturated carbocycles. The Morgan fingerprint density at radius 1 is 1.47 bits per heavy atom. The normalized spacial score (nSPS) is 10.6. The van der Waals surface area contributed by atoms with Gasteiger partial charge in [0.05, 0.1) is 6.54 Å². The Morgan fingerprint density at radius 2 is 2.13 bits per heavy atom. The van der Waals surface area contributed by atoms with Crippen LogP contribution in [0.4, 0.5) is 0 Å². The maximum Gasteiger partial charge on any atom is 0.231 e. The second kappa shape index (κ2) is 5.88. The minimum Gasteiger partial charge on any atom is -0.369 e. The monoisotopic (exact) mass is 270 g/mol. The van der Waals surface area contributed by atoms with Crippen LogP contribution in [-0.2, 0) is 11.2 Å². The van der Waals surface area contributed by atoms with E-state index in [2.05, 4.69) is 22.0 Å². The minimum absolute atomic E-state index is 0.287. The van der Waals surface area contributed by atoms with E-state index in [1.807, 2.05) is 30.1 Å². The number of likely N-dealkylation sites (N-methyl/N-ethyl adjacent to an activating group) is 1. The van der Waals surface area contributed by atoms with Gasteiger partial charge in [-0.05, 0) is 25.1 Å². The molecule has 3 nitrogen and oxygen atoms in total. The number of carbonyl (C=O) groups is 1. The Morgan fingerprint density at radius 3 is 2.73 bits per heavy atom. The van der Waals surface area contributed by atoms with E-state index >= 15 is 0 Å². The summed E-state index contributed by atoms with van der Waals surface area (Å²) in [6.07, 6.45) is 0.908. The maximum atomic E-state index is 10.7. The molecule has 15 heavy (non-hydrogen) atoms. The molecule has 0 aliphatic rings. The van der Waals surface area contributed by atoms with Gasteiger partial charge >= 0.3 is 0 Å². The molecule has 0 saturated heterocycles. The first-order valence-corrected chi connectivity index (χ1v) is 5.59. The Kier molecular flexibility index (Phi) is 4.78. The summed E-state index contributed by atoms with van der Waals surface area (Å²) in [5.74, 6) is -0.287. The van der Waals surface area contributed by atoms with Crippen LogP contribution in [0.25, 0.3) is 0 Å². The SMILES string of the molecule is CN(CCc1ccccc1Br)CC(N)=O. The van der Waals surface area contributed by atoms with E-state index in [1.165, 1.54) is 5.56 Å². The summed E-state index contributed by atoms with van der Waals surface area (Å²) in [6.45, 7) is 1.13. The molecular formula is C11H15BrN2O. The number of halogens is 1. The van der Waals surface area contributed by atoms with E-state index in [9.17, 15) is 4.79 Å². The van der Waals surface area contributed by atoms with Crippen molar-refractivity contribution in [3.63, 3.8) is 0 Å². The average molecular weight is 271 g/mol. The molecule has 0 bridgehead atoms. The van der Waals surface area contributed by atoms with Crippen molar-refractivity contribution in [2.45, 2.75) is 6.42 Å². The molecule has 0 atom stereocenters. The quantitative estimate of drug-likeness (QED) is 0.880. The van der Waals surface area contributed by atoms with Gasteiger partial charge in [-0.25, -0.2) is 0 Å². The summed E-state index contributed by atoms with van der Waals surface area (Å²) >= 11 is 3.49. The van der Waals surface area contributed by atoms with Gasteiger partial charge in [0.25, 0.3) is 0 Å². The molecular weight excluding hydrogens is 256 g/mol. The van der Waals surface area contributed by atoms with Crippen LogP contribution >= 0.6 is 15.9 Å². The zero-order chi connectivity index (χ0) is 11.3. The number of nitrogens with two attached hydrogens (primary N) is 1. The number of amides is 1. The van der Waals surface area contributed by atoms with Crippen LogP contribution in [0, 0.1) is 0 Å². The third kappa shape index (κ3) is 4.44. The molecule has 1 amide bonds. The second-order valence-corrected chi connectivity index (χ2v) is 4.40. The summed E-state index contributed by atoms with van der Waals surface area (Å²) < 4.78 is 1.11. The standard InChI is InChI=1S/C11H15BrN2O/c1-14(8-11(13)15)7-6-9-4-2-3-5-10(9)12/h2-5H,6-8H2,1H3,(H2,13,15). The molecule has 0 aromatic heterocycles. The van der Waals surface area contributed by atoms with Crippen molar-refractivity contribution in [2.75, 3.05) is 20.1 Å². The van der Waals surface area contributed by atoms with Gasteiger partial charge in [-0.2, -0.15) is 0 Å². The van der Waals surface area contributed by atoms with E-state index in [0.717, 1.165) is 17.4 Å². The molecule has 1 rings (SSSR count). The lowest BCUT2D eigenvalue weighted by molar-refractivity contribution is -0.118. The number of rotatable bonds is 5. The van der Waals surface area contributed by atoms with Gasteiger partial charge in [0.1, 0.15) is 0 Å². The Balaban J connectivity index is 2.43. The maximum absolute atomic E-state index is 10.7. The predicted octanol–water partition coefficient (Wildman–Crippen LogP) is 1.41. The smallest absolute Gasteiger partial charge is 0.231 e. The van der Waals surface area contributed by atoms with Gasteiger partial charge in [0.15, 0.2) is 0 Å². The largest absolute Gasteiger partial charge is 0.369 e. The first kappa shape index (κ1) is 12.2. The highest BCUT2D eigenvalue weighted by Gasteiger charge is 2.04. The molecule has 0 spiro atoms. The zero-order valence-electron chi connectivity index (χ0n) is 8.74. The zero-order valence-corrected chi connectivity index (χ0v) is 10.3. The van der Waals surface area contributed by atoms with Crippen molar-refractivity contribution in [3.8, 4) is 0 Å². The number of benzene rings is 1. The highest BCUT2D eigenvalue weighted by Crippen LogP contribution is 2.16. The summed E-state index contributed by atoms with van der Waals surface area (Å²) in [5.41, 5.74) is 6.35. The van der Waals surface area contributed by atoms with Crippen molar-refractivity contribution in [1.82, 2.24) is 4.90 Å². The van der Waals surface area contributed by atoms with Crippen LogP contribution < -0.4 is 5.73 Å². The average Bonchev–Trinajstić information content (AvgIpc) is 2.15. The molecule has 0 heterocycles. The topological polar surface area (TPSA) is 46.3 Å². The second-order valence-electron chi connectivity index (χ2n) is 3.55.